The van der Waals surface area contributed by atoms with Gasteiger partial charge >= 0.3 is 12.1 Å². The number of fused-ring (bicyclic) bond motifs is 1. The summed E-state index contributed by atoms with van der Waals surface area (Å²) in [5.41, 5.74) is 11.2. The summed E-state index contributed by atoms with van der Waals surface area (Å²) in [5, 5.41) is 11.2. The molecule has 4 rings (SSSR count). The van der Waals surface area contributed by atoms with Crippen molar-refractivity contribution in [3.8, 4) is 11.1 Å². The molecule has 0 aliphatic carbocycles. The molecule has 0 unspecified atom stereocenters. The Morgan fingerprint density at radius 1 is 1.13 bits per heavy atom. The number of piperidine rings is 1. The molecule has 5 N–H and O–H groups in total. The second kappa shape index (κ2) is 12.2. The van der Waals surface area contributed by atoms with E-state index in [9.17, 15) is 26.4 Å². The topological polar surface area (TPSA) is 146 Å². The fourth-order valence-corrected chi connectivity index (χ4v) is 5.73. The maximum atomic E-state index is 12.2. The first-order chi connectivity index (χ1) is 18.3. The number of halogens is 3. The lowest BCUT2D eigenvalue weighted by Crippen LogP contribution is -2.38. The van der Waals surface area contributed by atoms with Gasteiger partial charge in [0.1, 0.15) is 0 Å². The molecule has 0 atom stereocenters. The molecule has 1 amide bonds. The van der Waals surface area contributed by atoms with E-state index in [1.54, 1.807) is 11.2 Å². The van der Waals surface area contributed by atoms with Gasteiger partial charge in [0, 0.05) is 31.2 Å². The van der Waals surface area contributed by atoms with Crippen molar-refractivity contribution < 1.29 is 36.3 Å². The van der Waals surface area contributed by atoms with Crippen molar-refractivity contribution in [2.24, 2.45) is 5.73 Å². The van der Waals surface area contributed by atoms with Crippen molar-refractivity contribution in [3.05, 3.63) is 59.3 Å². The Balaban J connectivity index is 0.000000532. The van der Waals surface area contributed by atoms with Crippen molar-refractivity contribution in [2.75, 3.05) is 25.9 Å². The van der Waals surface area contributed by atoms with E-state index in [1.165, 1.54) is 5.56 Å². The monoisotopic (exact) mass is 568 g/mol. The highest BCUT2D eigenvalue weighted by Gasteiger charge is 2.38. The molecule has 0 radical (unpaired) electrons. The van der Waals surface area contributed by atoms with E-state index in [-0.39, 0.29) is 11.7 Å². The van der Waals surface area contributed by atoms with Crippen LogP contribution >= 0.6 is 0 Å². The van der Waals surface area contributed by atoms with Crippen molar-refractivity contribution in [2.45, 2.75) is 38.4 Å². The number of carboxylic acid groups (broad SMARTS) is 1. The molecular formula is C26H31F3N4O5S. The lowest BCUT2D eigenvalue weighted by atomic mass is 9.88. The Morgan fingerprint density at radius 3 is 2.21 bits per heavy atom. The summed E-state index contributed by atoms with van der Waals surface area (Å²) >= 11 is 0. The van der Waals surface area contributed by atoms with Gasteiger partial charge in [0.15, 0.2) is 0 Å². The number of H-pyrrole nitrogens is 1. The summed E-state index contributed by atoms with van der Waals surface area (Å²) in [7, 11) is -1.25. The van der Waals surface area contributed by atoms with E-state index in [1.807, 2.05) is 19.3 Å². The molecule has 0 saturated carbocycles. The fourth-order valence-electron chi connectivity index (χ4n) is 4.60. The van der Waals surface area contributed by atoms with E-state index in [0.717, 1.165) is 47.0 Å². The number of nitrogens with two attached hydrogens (primary N) is 1. The van der Waals surface area contributed by atoms with Gasteiger partial charge in [0.25, 0.3) is 5.91 Å². The predicted molar refractivity (Wildman–Crippen MR) is 142 cm³/mol. The van der Waals surface area contributed by atoms with E-state index in [2.05, 4.69) is 40.6 Å². The van der Waals surface area contributed by atoms with E-state index < -0.39 is 28.1 Å². The van der Waals surface area contributed by atoms with Crippen LogP contribution in [0.15, 0.2) is 42.6 Å². The first-order valence-corrected chi connectivity index (χ1v) is 13.9. The van der Waals surface area contributed by atoms with Gasteiger partial charge in [-0.25, -0.2) is 17.5 Å². The van der Waals surface area contributed by atoms with Crippen LogP contribution in [0.1, 0.15) is 47.2 Å². The van der Waals surface area contributed by atoms with Gasteiger partial charge in [-0.05, 0) is 67.1 Å². The third-order valence-electron chi connectivity index (χ3n) is 6.65. The van der Waals surface area contributed by atoms with Crippen LogP contribution in [0.25, 0.3) is 22.0 Å². The Hall–Kier alpha value is -3.42. The summed E-state index contributed by atoms with van der Waals surface area (Å²) in [6.45, 7) is 3.51. The average Bonchev–Trinajstić information content (AvgIpc) is 3.32. The number of nitrogens with zero attached hydrogens (tertiary/aromatic N) is 1. The average molecular weight is 569 g/mol. The van der Waals surface area contributed by atoms with Crippen molar-refractivity contribution in [1.29, 1.82) is 0 Å². The van der Waals surface area contributed by atoms with Gasteiger partial charge < -0.3 is 21.1 Å². The van der Waals surface area contributed by atoms with E-state index >= 15 is 0 Å². The van der Waals surface area contributed by atoms with E-state index in [0.29, 0.717) is 18.7 Å². The van der Waals surface area contributed by atoms with Gasteiger partial charge in [-0.2, -0.15) is 13.2 Å². The Labute approximate surface area is 224 Å². The zero-order valence-corrected chi connectivity index (χ0v) is 22.3. The molecule has 0 spiro atoms. The van der Waals surface area contributed by atoms with Crippen LogP contribution in [0.4, 0.5) is 13.2 Å². The quantitative estimate of drug-likeness (QED) is 0.341. The minimum atomic E-state index is -5.08. The molecule has 212 valence electrons. The fraction of sp³-hybridized carbons (Fsp3) is 0.385. The number of hydrogen-bond donors (Lipinski definition) is 4. The van der Waals surface area contributed by atoms with Gasteiger partial charge in [-0.15, -0.1) is 0 Å². The Kier molecular flexibility index (Phi) is 9.41. The molecular weight excluding hydrogens is 537 g/mol. The summed E-state index contributed by atoms with van der Waals surface area (Å²) in [4.78, 5) is 24.4. The van der Waals surface area contributed by atoms with Crippen LogP contribution < -0.4 is 11.1 Å². The highest BCUT2D eigenvalue weighted by atomic mass is 32.2. The number of rotatable bonds is 7. The summed E-state index contributed by atoms with van der Waals surface area (Å²) < 4.78 is 57.7. The highest BCUT2D eigenvalue weighted by molar-refractivity contribution is 7.89. The van der Waals surface area contributed by atoms with Crippen LogP contribution in [0, 0.1) is 0 Å². The van der Waals surface area contributed by atoms with Crippen molar-refractivity contribution in [1.82, 2.24) is 14.6 Å². The number of sulfonamides is 1. The Morgan fingerprint density at radius 2 is 1.72 bits per heavy atom. The minimum Gasteiger partial charge on any atom is -0.475 e. The standard InChI is InChI=1S/C24H30N4O3S.C2HF3O2/c1-3-32(30,31)28-10-8-18(9-11-28)22-15-27-23-20(22)12-19(13-21(23)24(25)29)17-6-4-16(5-7-17)14-26-2;3-2(4,5)1(6)7/h4-7,12-13,15,18,26-27H,3,8-11,14H2,1-2H3,(H2,25,29);(H,6,7). The van der Waals surface area contributed by atoms with Crippen molar-refractivity contribution >= 4 is 32.8 Å². The van der Waals surface area contributed by atoms with Gasteiger partial charge in [-0.3, -0.25) is 4.79 Å². The predicted octanol–water partition coefficient (Wildman–Crippen LogP) is 3.82. The molecule has 39 heavy (non-hydrogen) atoms. The molecule has 1 aromatic heterocycles. The number of benzene rings is 2. The summed E-state index contributed by atoms with van der Waals surface area (Å²) in [6, 6.07) is 12.2. The number of hydrogen-bond acceptors (Lipinski definition) is 5. The number of primary amides is 1. The zero-order chi connectivity index (χ0) is 29.0. The van der Waals surface area contributed by atoms with Gasteiger partial charge in [0.2, 0.25) is 10.0 Å². The lowest BCUT2D eigenvalue weighted by Gasteiger charge is -2.31. The maximum absolute atomic E-state index is 12.2. The third-order valence-corrected chi connectivity index (χ3v) is 8.53. The number of nitrogens with one attached hydrogen (secondary N) is 2. The third kappa shape index (κ3) is 7.16. The molecule has 1 fully saturated rings. The number of aromatic amines is 1. The van der Waals surface area contributed by atoms with Crippen LogP contribution in [0.5, 0.6) is 0 Å². The van der Waals surface area contributed by atoms with Crippen molar-refractivity contribution in [3.63, 3.8) is 0 Å². The smallest absolute Gasteiger partial charge is 0.475 e. The van der Waals surface area contributed by atoms with Gasteiger partial charge in [-0.1, -0.05) is 24.3 Å². The molecule has 2 aromatic carbocycles. The molecule has 13 heteroatoms. The first kappa shape index (κ1) is 30.1. The molecule has 1 saturated heterocycles. The Bertz CT molecular complexity index is 1430. The SMILES string of the molecule is CCS(=O)(=O)N1CCC(c2c[nH]c3c(C(N)=O)cc(-c4ccc(CNC)cc4)cc23)CC1.O=C(O)C(F)(F)F. The number of amides is 1. The highest BCUT2D eigenvalue weighted by Crippen LogP contribution is 2.37. The largest absolute Gasteiger partial charge is 0.490 e. The molecule has 9 nitrogen and oxygen atoms in total. The number of carbonyl (C=O) groups excluding carboxylic acids is 1. The molecule has 3 aromatic rings. The molecule has 1 aliphatic heterocycles. The number of carbonyl (C=O) groups is 2. The van der Waals surface area contributed by atoms with Crippen LogP contribution in [0.2, 0.25) is 0 Å². The number of alkyl halides is 3. The second-order valence-electron chi connectivity index (χ2n) is 9.16. The number of carboxylic acids is 1. The zero-order valence-electron chi connectivity index (χ0n) is 21.5. The van der Waals surface area contributed by atoms with Crippen LogP contribution in [-0.2, 0) is 21.4 Å². The summed E-state index contributed by atoms with van der Waals surface area (Å²) in [6.07, 6.45) is -1.63. The molecule has 0 bridgehead atoms. The first-order valence-electron chi connectivity index (χ1n) is 12.2. The minimum absolute atomic E-state index is 0.128. The van der Waals surface area contributed by atoms with Gasteiger partial charge in [0.05, 0.1) is 16.8 Å². The van der Waals surface area contributed by atoms with Crippen LogP contribution in [-0.4, -0.2) is 66.8 Å². The molecule has 2 heterocycles. The summed E-state index contributed by atoms with van der Waals surface area (Å²) in [5.74, 6) is -2.88. The normalized spacial score (nSPS) is 15.1. The number of aliphatic carboxylic acids is 1. The van der Waals surface area contributed by atoms with Crippen LogP contribution in [0.3, 0.4) is 0 Å². The van der Waals surface area contributed by atoms with E-state index in [4.69, 9.17) is 15.6 Å². The number of aromatic nitrogens is 1. The molecule has 1 aliphatic rings. The lowest BCUT2D eigenvalue weighted by molar-refractivity contribution is -0.192. The second-order valence-corrected chi connectivity index (χ2v) is 11.4. The maximum Gasteiger partial charge on any atom is 0.490 e.